The van der Waals surface area contributed by atoms with Gasteiger partial charge in [0, 0.05) is 44.1 Å². The number of benzene rings is 1. The summed E-state index contributed by atoms with van der Waals surface area (Å²) in [4.78, 5) is 25.4. The van der Waals surface area contributed by atoms with Gasteiger partial charge in [-0.2, -0.15) is 0 Å². The van der Waals surface area contributed by atoms with Crippen LogP contribution in [0.3, 0.4) is 0 Å². The monoisotopic (exact) mass is 364 g/mol. The average molecular weight is 364 g/mol. The zero-order chi connectivity index (χ0) is 18.6. The first-order chi connectivity index (χ1) is 13.2. The van der Waals surface area contributed by atoms with Gasteiger partial charge in [-0.1, -0.05) is 23.4 Å². The lowest BCUT2D eigenvalue weighted by atomic mass is 10.2. The molecule has 1 fully saturated rings. The van der Waals surface area contributed by atoms with E-state index in [0.717, 1.165) is 13.1 Å². The minimum Gasteiger partial charge on any atom is -0.368 e. The number of aryl methyl sites for hydroxylation is 1. The fraction of sp³-hybridized carbons (Fsp3) is 0.263. The molecule has 8 heteroatoms. The number of rotatable bonds is 4. The summed E-state index contributed by atoms with van der Waals surface area (Å²) < 4.78 is 5.01. The van der Waals surface area contributed by atoms with Crippen LogP contribution in [0, 0.1) is 6.92 Å². The van der Waals surface area contributed by atoms with Gasteiger partial charge in [-0.25, -0.2) is 9.97 Å². The van der Waals surface area contributed by atoms with Crippen molar-refractivity contribution < 1.29 is 9.32 Å². The molecule has 138 valence electrons. The summed E-state index contributed by atoms with van der Waals surface area (Å²) in [6, 6.07) is 13.6. The maximum atomic E-state index is 12.8. The Morgan fingerprint density at radius 3 is 2.59 bits per heavy atom. The molecule has 1 saturated heterocycles. The lowest BCUT2D eigenvalue weighted by Gasteiger charge is -2.36. The summed E-state index contributed by atoms with van der Waals surface area (Å²) >= 11 is 0. The summed E-state index contributed by atoms with van der Waals surface area (Å²) in [5, 5.41) is 6.79. The Bertz CT molecular complexity index is 919. The molecule has 0 saturated carbocycles. The molecular weight excluding hydrogens is 344 g/mol. The molecule has 1 N–H and O–H groups in total. The highest BCUT2D eigenvalue weighted by Crippen LogP contribution is 2.17. The smallest absolute Gasteiger partial charge is 0.272 e. The third-order valence-corrected chi connectivity index (χ3v) is 4.43. The Kier molecular flexibility index (Phi) is 4.69. The van der Waals surface area contributed by atoms with Gasteiger partial charge in [-0.05, 0) is 25.1 Å². The molecular formula is C19H20N6O2. The number of carbonyl (C=O) groups is 1. The second-order valence-corrected chi connectivity index (χ2v) is 6.33. The molecule has 1 amide bonds. The summed E-state index contributed by atoms with van der Waals surface area (Å²) in [5.74, 6) is 1.41. The lowest BCUT2D eigenvalue weighted by molar-refractivity contribution is 0.0741. The van der Waals surface area contributed by atoms with Crippen molar-refractivity contribution in [3.05, 3.63) is 60.1 Å². The Hall–Kier alpha value is -3.42. The van der Waals surface area contributed by atoms with Gasteiger partial charge in [-0.15, -0.1) is 0 Å². The van der Waals surface area contributed by atoms with Crippen molar-refractivity contribution in [1.29, 1.82) is 0 Å². The zero-order valence-corrected chi connectivity index (χ0v) is 15.0. The van der Waals surface area contributed by atoms with E-state index in [0.29, 0.717) is 36.3 Å². The summed E-state index contributed by atoms with van der Waals surface area (Å²) in [5.41, 5.74) is 1.54. The molecule has 1 aliphatic heterocycles. The second-order valence-electron chi connectivity index (χ2n) is 6.33. The molecule has 0 spiro atoms. The van der Waals surface area contributed by atoms with Gasteiger partial charge in [0.25, 0.3) is 5.91 Å². The Balaban J connectivity index is 1.40. The second kappa shape index (κ2) is 7.45. The van der Waals surface area contributed by atoms with Crippen molar-refractivity contribution in [3.8, 4) is 0 Å². The Labute approximate surface area is 156 Å². The summed E-state index contributed by atoms with van der Waals surface area (Å²) in [6.45, 7) is 4.70. The van der Waals surface area contributed by atoms with Crippen molar-refractivity contribution in [2.24, 2.45) is 0 Å². The quantitative estimate of drug-likeness (QED) is 0.761. The molecule has 0 radical (unpaired) electrons. The van der Waals surface area contributed by atoms with Crippen LogP contribution in [0.4, 0.5) is 17.5 Å². The van der Waals surface area contributed by atoms with Crippen LogP contribution in [-0.4, -0.2) is 52.1 Å². The van der Waals surface area contributed by atoms with E-state index in [-0.39, 0.29) is 5.91 Å². The van der Waals surface area contributed by atoms with Crippen LogP contribution in [0.1, 0.15) is 16.2 Å². The van der Waals surface area contributed by atoms with E-state index in [2.05, 4.69) is 37.5 Å². The van der Waals surface area contributed by atoms with Crippen LogP contribution >= 0.6 is 0 Å². The number of aromatic nitrogens is 3. The Morgan fingerprint density at radius 1 is 1.11 bits per heavy atom. The first-order valence-corrected chi connectivity index (χ1v) is 8.82. The number of anilines is 3. The minimum atomic E-state index is -0.0931. The molecule has 0 atom stereocenters. The Morgan fingerprint density at radius 2 is 1.89 bits per heavy atom. The van der Waals surface area contributed by atoms with Gasteiger partial charge in [0.15, 0.2) is 5.82 Å². The highest BCUT2D eigenvalue weighted by atomic mass is 16.5. The lowest BCUT2D eigenvalue weighted by Crippen LogP contribution is -2.49. The molecule has 4 rings (SSSR count). The van der Waals surface area contributed by atoms with Crippen LogP contribution < -0.4 is 10.2 Å². The van der Waals surface area contributed by atoms with Crippen LogP contribution in [0.5, 0.6) is 0 Å². The molecule has 1 aliphatic rings. The highest BCUT2D eigenvalue weighted by Gasteiger charge is 2.23. The molecule has 2 aromatic heterocycles. The van der Waals surface area contributed by atoms with Crippen molar-refractivity contribution >= 4 is 23.4 Å². The van der Waals surface area contributed by atoms with Gasteiger partial charge in [0.2, 0.25) is 5.95 Å². The van der Waals surface area contributed by atoms with Crippen molar-refractivity contribution in [2.75, 3.05) is 36.4 Å². The van der Waals surface area contributed by atoms with Crippen LogP contribution in [-0.2, 0) is 0 Å². The van der Waals surface area contributed by atoms with E-state index < -0.39 is 0 Å². The normalized spacial score (nSPS) is 14.3. The largest absolute Gasteiger partial charge is 0.368 e. The number of carbonyl (C=O) groups excluding carboxylic acids is 1. The summed E-state index contributed by atoms with van der Waals surface area (Å²) in [7, 11) is 0. The molecule has 0 aliphatic carbocycles. The van der Waals surface area contributed by atoms with Gasteiger partial charge in [0.1, 0.15) is 11.5 Å². The molecule has 8 nitrogen and oxygen atoms in total. The van der Waals surface area contributed by atoms with Crippen molar-refractivity contribution in [2.45, 2.75) is 6.92 Å². The third-order valence-electron chi connectivity index (χ3n) is 4.43. The predicted molar refractivity (Wildman–Crippen MR) is 101 cm³/mol. The summed E-state index contributed by atoms with van der Waals surface area (Å²) in [6.07, 6.45) is 1.57. The van der Waals surface area contributed by atoms with E-state index in [1.807, 2.05) is 23.1 Å². The van der Waals surface area contributed by atoms with Crippen LogP contribution in [0.15, 0.2) is 53.2 Å². The zero-order valence-electron chi connectivity index (χ0n) is 15.0. The number of nitrogens with one attached hydrogen (secondary N) is 1. The van der Waals surface area contributed by atoms with E-state index in [9.17, 15) is 4.79 Å². The SMILES string of the molecule is Cc1cc(Nc2nccc(C(=O)N3CCN(c4ccccc4)CC3)n2)no1. The maximum absolute atomic E-state index is 12.8. The molecule has 3 heterocycles. The molecule has 0 bridgehead atoms. The van der Waals surface area contributed by atoms with Crippen LogP contribution in [0.25, 0.3) is 0 Å². The number of nitrogens with zero attached hydrogens (tertiary/aromatic N) is 5. The van der Waals surface area contributed by atoms with Gasteiger partial charge in [0.05, 0.1) is 0 Å². The number of piperazine rings is 1. The standard InChI is InChI=1S/C19H20N6O2/c1-14-13-17(23-27-14)22-19-20-8-7-16(21-19)18(26)25-11-9-24(10-12-25)15-5-3-2-4-6-15/h2-8,13H,9-12H2,1H3,(H,20,21,22,23). The number of hydrogen-bond acceptors (Lipinski definition) is 7. The number of hydrogen-bond donors (Lipinski definition) is 1. The predicted octanol–water partition coefficient (Wildman–Crippen LogP) is 2.48. The van der Waals surface area contributed by atoms with Crippen molar-refractivity contribution in [1.82, 2.24) is 20.0 Å². The number of para-hydroxylation sites is 1. The van der Waals surface area contributed by atoms with E-state index in [1.54, 1.807) is 25.3 Å². The highest BCUT2D eigenvalue weighted by molar-refractivity contribution is 5.92. The van der Waals surface area contributed by atoms with Gasteiger partial charge < -0.3 is 19.6 Å². The minimum absolute atomic E-state index is 0.0931. The number of amides is 1. The molecule has 3 aromatic rings. The molecule has 1 aromatic carbocycles. The molecule has 0 unspecified atom stereocenters. The fourth-order valence-electron chi connectivity index (χ4n) is 3.05. The van der Waals surface area contributed by atoms with Gasteiger partial charge in [-0.3, -0.25) is 4.79 Å². The van der Waals surface area contributed by atoms with Crippen LogP contribution in [0.2, 0.25) is 0 Å². The molecule has 27 heavy (non-hydrogen) atoms. The third kappa shape index (κ3) is 3.89. The van der Waals surface area contributed by atoms with E-state index in [1.165, 1.54) is 5.69 Å². The first-order valence-electron chi connectivity index (χ1n) is 8.82. The van der Waals surface area contributed by atoms with Gasteiger partial charge >= 0.3 is 0 Å². The fourth-order valence-corrected chi connectivity index (χ4v) is 3.05. The average Bonchev–Trinajstić information content (AvgIpc) is 3.13. The first kappa shape index (κ1) is 17.0. The van der Waals surface area contributed by atoms with Crippen molar-refractivity contribution in [3.63, 3.8) is 0 Å². The maximum Gasteiger partial charge on any atom is 0.272 e. The van der Waals surface area contributed by atoms with E-state index in [4.69, 9.17) is 4.52 Å². The topological polar surface area (TPSA) is 87.4 Å². The van der Waals surface area contributed by atoms with E-state index >= 15 is 0 Å².